The summed E-state index contributed by atoms with van der Waals surface area (Å²) in [5.41, 5.74) is 1.90. The van der Waals surface area contributed by atoms with E-state index in [1.165, 1.54) is 6.33 Å². The molecule has 5 heterocycles. The molecule has 1 fully saturated rings. The van der Waals surface area contributed by atoms with Crippen LogP contribution in [0.2, 0.25) is 0 Å². The van der Waals surface area contributed by atoms with Crippen molar-refractivity contribution in [3.63, 3.8) is 0 Å². The van der Waals surface area contributed by atoms with Gasteiger partial charge < -0.3 is 20.1 Å². The van der Waals surface area contributed by atoms with Crippen LogP contribution in [-0.4, -0.2) is 50.6 Å². The number of nitrogens with one attached hydrogen (secondary N) is 2. The molecule has 0 bridgehead atoms. The Balaban J connectivity index is 1.38. The molecule has 2 N–H and O–H groups in total. The smallest absolute Gasteiger partial charge is 0.384 e. The van der Waals surface area contributed by atoms with E-state index in [1.54, 1.807) is 6.07 Å². The summed E-state index contributed by atoms with van der Waals surface area (Å²) < 4.78 is 43.6. The SMILES string of the molecule is CC(C)CCCNc1ccc(-c2noc(C(F)(F)F)n2)nc1C1CCN(c2ncnc3c2C(C)(C)C(=O)N3)CC1. The highest BCUT2D eigenvalue weighted by Crippen LogP contribution is 2.43. The Morgan fingerprint density at radius 3 is 2.60 bits per heavy atom. The minimum Gasteiger partial charge on any atom is -0.384 e. The van der Waals surface area contributed by atoms with Gasteiger partial charge in [-0.3, -0.25) is 4.79 Å². The number of hydrogen-bond donors (Lipinski definition) is 2. The second-order valence-electron chi connectivity index (χ2n) is 11.3. The van der Waals surface area contributed by atoms with Crippen LogP contribution >= 0.6 is 0 Å². The Labute approximate surface area is 230 Å². The third-order valence-corrected chi connectivity index (χ3v) is 7.53. The first-order valence-electron chi connectivity index (χ1n) is 13.5. The van der Waals surface area contributed by atoms with Crippen LogP contribution in [0.5, 0.6) is 0 Å². The fourth-order valence-electron chi connectivity index (χ4n) is 5.26. The molecule has 10 nitrogen and oxygen atoms in total. The lowest BCUT2D eigenvalue weighted by atomic mass is 9.86. The molecule has 0 spiro atoms. The Kier molecular flexibility index (Phi) is 7.40. The molecule has 214 valence electrons. The number of piperidine rings is 1. The maximum Gasteiger partial charge on any atom is 0.471 e. The molecule has 13 heteroatoms. The molecule has 0 unspecified atom stereocenters. The molecule has 0 atom stereocenters. The van der Waals surface area contributed by atoms with Gasteiger partial charge in [-0.25, -0.2) is 15.0 Å². The zero-order chi connectivity index (χ0) is 28.7. The zero-order valence-electron chi connectivity index (χ0n) is 23.0. The molecule has 40 heavy (non-hydrogen) atoms. The van der Waals surface area contributed by atoms with Crippen LogP contribution in [0.1, 0.15) is 76.4 Å². The normalized spacial score (nSPS) is 17.3. The standard InChI is InChI=1S/C27H33F3N8O2/c1-15(2)6-5-11-31-17-7-8-18(21-36-25(40-37-21)27(28,29)30)34-20(17)16-9-12-38(13-10-16)23-19-22(32-14-33-23)35-24(39)26(19,3)4/h7-8,14-16,31H,5-6,9-13H2,1-4H3,(H,32,33,35,39). The average Bonchev–Trinajstić information content (AvgIpc) is 3.50. The summed E-state index contributed by atoms with van der Waals surface area (Å²) in [4.78, 5) is 31.8. The van der Waals surface area contributed by atoms with Gasteiger partial charge in [-0.05, 0) is 57.6 Å². The third-order valence-electron chi connectivity index (χ3n) is 7.53. The van der Waals surface area contributed by atoms with E-state index in [4.69, 9.17) is 4.98 Å². The van der Waals surface area contributed by atoms with Crippen LogP contribution in [0.4, 0.5) is 30.5 Å². The highest BCUT2D eigenvalue weighted by Gasteiger charge is 2.43. The van der Waals surface area contributed by atoms with Gasteiger partial charge in [0.1, 0.15) is 23.7 Å². The van der Waals surface area contributed by atoms with Gasteiger partial charge >= 0.3 is 12.1 Å². The van der Waals surface area contributed by atoms with Crippen molar-refractivity contribution in [3.05, 3.63) is 35.6 Å². The molecule has 1 saturated heterocycles. The van der Waals surface area contributed by atoms with Gasteiger partial charge in [0.05, 0.1) is 22.4 Å². The molecule has 2 aliphatic heterocycles. The van der Waals surface area contributed by atoms with E-state index < -0.39 is 17.5 Å². The van der Waals surface area contributed by atoms with E-state index in [-0.39, 0.29) is 23.3 Å². The first-order chi connectivity index (χ1) is 18.9. The number of nitrogens with zero attached hydrogens (tertiary/aromatic N) is 6. The van der Waals surface area contributed by atoms with Crippen LogP contribution < -0.4 is 15.5 Å². The van der Waals surface area contributed by atoms with Gasteiger partial charge in [0.2, 0.25) is 11.7 Å². The van der Waals surface area contributed by atoms with Crippen LogP contribution in [0.25, 0.3) is 11.5 Å². The maximum absolute atomic E-state index is 13.0. The van der Waals surface area contributed by atoms with E-state index in [2.05, 4.69) is 54.0 Å². The maximum atomic E-state index is 13.0. The lowest BCUT2D eigenvalue weighted by Crippen LogP contribution is -2.36. The van der Waals surface area contributed by atoms with Crippen LogP contribution in [0, 0.1) is 5.92 Å². The van der Waals surface area contributed by atoms with E-state index >= 15 is 0 Å². The highest BCUT2D eigenvalue weighted by molar-refractivity contribution is 6.06. The summed E-state index contributed by atoms with van der Waals surface area (Å²) in [6, 6.07) is 3.45. The number of hydrogen-bond acceptors (Lipinski definition) is 9. The Hall–Kier alpha value is -3.77. The molecule has 3 aromatic heterocycles. The minimum absolute atomic E-state index is 0.0421. The van der Waals surface area contributed by atoms with Crippen molar-refractivity contribution in [2.24, 2.45) is 5.92 Å². The van der Waals surface area contributed by atoms with E-state index in [0.717, 1.165) is 55.0 Å². The second-order valence-corrected chi connectivity index (χ2v) is 11.3. The number of halogens is 3. The molecule has 5 rings (SSSR count). The fraction of sp³-hybridized carbons (Fsp3) is 0.556. The summed E-state index contributed by atoms with van der Waals surface area (Å²) in [5.74, 6) is 0.209. The number of carbonyl (C=O) groups is 1. The number of carbonyl (C=O) groups excluding carboxylic acids is 1. The molecule has 0 radical (unpaired) electrons. The lowest BCUT2D eigenvalue weighted by Gasteiger charge is -2.35. The largest absolute Gasteiger partial charge is 0.471 e. The number of rotatable bonds is 8. The van der Waals surface area contributed by atoms with Crippen molar-refractivity contribution in [2.75, 3.05) is 35.2 Å². The predicted molar refractivity (Wildman–Crippen MR) is 143 cm³/mol. The molecular weight excluding hydrogens is 525 g/mol. The number of amides is 1. The Morgan fingerprint density at radius 2 is 1.93 bits per heavy atom. The molecule has 2 aliphatic rings. The van der Waals surface area contributed by atoms with Crippen molar-refractivity contribution in [1.82, 2.24) is 25.1 Å². The van der Waals surface area contributed by atoms with Gasteiger partial charge in [-0.15, -0.1) is 0 Å². The topological polar surface area (TPSA) is 122 Å². The number of aromatic nitrogens is 5. The summed E-state index contributed by atoms with van der Waals surface area (Å²) in [6.45, 7) is 10.2. The fourth-order valence-corrected chi connectivity index (χ4v) is 5.26. The average molecular weight is 559 g/mol. The highest BCUT2D eigenvalue weighted by atomic mass is 19.4. The van der Waals surface area contributed by atoms with Gasteiger partial charge in [0, 0.05) is 25.6 Å². The minimum atomic E-state index is -4.73. The van der Waals surface area contributed by atoms with Crippen LogP contribution in [-0.2, 0) is 16.4 Å². The predicted octanol–water partition coefficient (Wildman–Crippen LogP) is 5.40. The molecule has 1 amide bonds. The van der Waals surface area contributed by atoms with Gasteiger partial charge in [0.15, 0.2) is 0 Å². The quantitative estimate of drug-likeness (QED) is 0.350. The molecule has 0 saturated carbocycles. The number of alkyl halides is 3. The Morgan fingerprint density at radius 1 is 1.18 bits per heavy atom. The number of fused-ring (bicyclic) bond motifs is 1. The van der Waals surface area contributed by atoms with Crippen molar-refractivity contribution in [1.29, 1.82) is 0 Å². The molecule has 0 aliphatic carbocycles. The molecular formula is C27H33F3N8O2. The first-order valence-corrected chi connectivity index (χ1v) is 13.5. The number of pyridine rings is 1. The third kappa shape index (κ3) is 5.46. The zero-order valence-corrected chi connectivity index (χ0v) is 23.0. The monoisotopic (exact) mass is 558 g/mol. The van der Waals surface area contributed by atoms with Gasteiger partial charge in [0.25, 0.3) is 0 Å². The summed E-state index contributed by atoms with van der Waals surface area (Å²) in [6.07, 6.45) is 0.265. The van der Waals surface area contributed by atoms with Crippen LogP contribution in [0.3, 0.4) is 0 Å². The van der Waals surface area contributed by atoms with Crippen molar-refractivity contribution in [2.45, 2.75) is 70.9 Å². The number of anilines is 3. The Bertz CT molecular complexity index is 1380. The first kappa shape index (κ1) is 27.8. The van der Waals surface area contributed by atoms with Crippen molar-refractivity contribution in [3.8, 4) is 11.5 Å². The van der Waals surface area contributed by atoms with E-state index in [9.17, 15) is 18.0 Å². The van der Waals surface area contributed by atoms with E-state index in [0.29, 0.717) is 24.8 Å². The summed E-state index contributed by atoms with van der Waals surface area (Å²) in [7, 11) is 0. The van der Waals surface area contributed by atoms with Gasteiger partial charge in [-0.2, -0.15) is 18.2 Å². The van der Waals surface area contributed by atoms with E-state index in [1.807, 2.05) is 19.9 Å². The summed E-state index contributed by atoms with van der Waals surface area (Å²) in [5, 5.41) is 9.85. The van der Waals surface area contributed by atoms with Crippen molar-refractivity contribution < 1.29 is 22.5 Å². The van der Waals surface area contributed by atoms with Gasteiger partial charge in [-0.1, -0.05) is 19.0 Å². The van der Waals surface area contributed by atoms with Crippen LogP contribution in [0.15, 0.2) is 23.0 Å². The lowest BCUT2D eigenvalue weighted by molar-refractivity contribution is -0.159. The second kappa shape index (κ2) is 10.7. The van der Waals surface area contributed by atoms with Crippen molar-refractivity contribution >= 4 is 23.2 Å². The molecule has 3 aromatic rings. The molecule has 0 aromatic carbocycles. The summed E-state index contributed by atoms with van der Waals surface area (Å²) >= 11 is 0.